The van der Waals surface area contributed by atoms with Crippen molar-refractivity contribution in [2.24, 2.45) is 11.8 Å². The van der Waals surface area contributed by atoms with Gasteiger partial charge in [0, 0.05) is 48.5 Å². The normalized spacial score (nSPS) is 21.7. The highest BCUT2D eigenvalue weighted by Crippen LogP contribution is 2.40. The Labute approximate surface area is 284 Å². The molecule has 2 aromatic carbocycles. The Kier molecular flexibility index (Phi) is 11.2. The van der Waals surface area contributed by atoms with Gasteiger partial charge in [-0.2, -0.15) is 5.10 Å². The number of anilines is 1. The molecule has 0 amide bonds. The van der Waals surface area contributed by atoms with Crippen LogP contribution >= 0.6 is 0 Å². The number of aromatic nitrogens is 2. The molecule has 0 bridgehead atoms. The van der Waals surface area contributed by atoms with E-state index in [1.807, 2.05) is 13.1 Å². The van der Waals surface area contributed by atoms with E-state index in [0.717, 1.165) is 37.7 Å². The summed E-state index contributed by atoms with van der Waals surface area (Å²) in [5.41, 5.74) is 10.8. The van der Waals surface area contributed by atoms with Crippen LogP contribution in [0.15, 0.2) is 79.4 Å². The van der Waals surface area contributed by atoms with Gasteiger partial charge in [-0.3, -0.25) is 4.68 Å². The van der Waals surface area contributed by atoms with Gasteiger partial charge in [0.25, 0.3) is 0 Å². The van der Waals surface area contributed by atoms with E-state index in [9.17, 15) is 0 Å². The predicted octanol–water partition coefficient (Wildman–Crippen LogP) is 9.71. The van der Waals surface area contributed by atoms with Crippen LogP contribution in [0.2, 0.25) is 0 Å². The smallest absolute Gasteiger partial charge is 0.0568 e. The zero-order valence-electron chi connectivity index (χ0n) is 29.4. The van der Waals surface area contributed by atoms with Crippen LogP contribution in [0.4, 0.5) is 5.69 Å². The van der Waals surface area contributed by atoms with Crippen molar-refractivity contribution in [2.45, 2.75) is 116 Å². The third kappa shape index (κ3) is 8.79. The zero-order chi connectivity index (χ0) is 32.8. The molecule has 1 saturated heterocycles. The molecule has 0 radical (unpaired) electrons. The summed E-state index contributed by atoms with van der Waals surface area (Å²) in [6, 6.07) is 17.7. The van der Waals surface area contributed by atoms with Crippen molar-refractivity contribution >= 4 is 5.69 Å². The minimum absolute atomic E-state index is 0.619. The third-order valence-corrected chi connectivity index (χ3v) is 11.2. The predicted molar refractivity (Wildman–Crippen MR) is 199 cm³/mol. The first-order valence-corrected chi connectivity index (χ1v) is 18.7. The first-order chi connectivity index (χ1) is 22.9. The van der Waals surface area contributed by atoms with Gasteiger partial charge in [0.05, 0.1) is 18.3 Å². The van der Waals surface area contributed by atoms with Gasteiger partial charge in [-0.1, -0.05) is 69.7 Å². The molecule has 1 aliphatic heterocycles. The van der Waals surface area contributed by atoms with Crippen LogP contribution in [-0.2, 0) is 6.42 Å². The molecule has 1 aromatic heterocycles. The van der Waals surface area contributed by atoms with E-state index in [1.165, 1.54) is 104 Å². The average Bonchev–Trinajstić information content (AvgIpc) is 3.81. The number of allylic oxidation sites excluding steroid dienone is 2. The maximum atomic E-state index is 4.76. The SMILES string of the molecule is C=C(C)NC1CNC1.C=C(C1CCCCC1)N(CC1CCC(c2ccc(CC)c(C)c2)CC1)c1cccc(-c2cnn(C3CC3)c2)c1. The number of benzene rings is 2. The third-order valence-electron chi connectivity index (χ3n) is 11.2. The summed E-state index contributed by atoms with van der Waals surface area (Å²) in [4.78, 5) is 2.62. The van der Waals surface area contributed by atoms with E-state index in [1.54, 1.807) is 5.56 Å². The van der Waals surface area contributed by atoms with Crippen molar-refractivity contribution in [3.05, 3.63) is 96.1 Å². The Morgan fingerprint density at radius 1 is 0.936 bits per heavy atom. The maximum Gasteiger partial charge on any atom is 0.0568 e. The van der Waals surface area contributed by atoms with Gasteiger partial charge in [-0.25, -0.2) is 0 Å². The lowest BCUT2D eigenvalue weighted by Crippen LogP contribution is -2.54. The van der Waals surface area contributed by atoms with Gasteiger partial charge in [-0.15, -0.1) is 0 Å². The number of nitrogens with zero attached hydrogens (tertiary/aromatic N) is 3. The van der Waals surface area contributed by atoms with Gasteiger partial charge in [0.2, 0.25) is 0 Å². The maximum absolute atomic E-state index is 4.76. The average molecular weight is 634 g/mol. The fraction of sp³-hybridized carbons (Fsp3) is 0.548. The van der Waals surface area contributed by atoms with Crippen molar-refractivity contribution in [1.29, 1.82) is 0 Å². The topological polar surface area (TPSA) is 45.1 Å². The van der Waals surface area contributed by atoms with Crippen molar-refractivity contribution in [3.8, 4) is 11.1 Å². The molecule has 0 spiro atoms. The van der Waals surface area contributed by atoms with Crippen LogP contribution in [0.5, 0.6) is 0 Å². The largest absolute Gasteiger partial charge is 0.384 e. The summed E-state index contributed by atoms with van der Waals surface area (Å²) in [6.45, 7) is 18.3. The Balaban J connectivity index is 0.000000424. The second-order valence-electron chi connectivity index (χ2n) is 15.0. The van der Waals surface area contributed by atoms with Gasteiger partial charge in [-0.05, 0) is 124 Å². The highest BCUT2D eigenvalue weighted by molar-refractivity contribution is 5.68. The molecular weight excluding hydrogens is 574 g/mol. The summed E-state index contributed by atoms with van der Waals surface area (Å²) in [5.74, 6) is 2.06. The number of hydrogen-bond acceptors (Lipinski definition) is 4. The standard InChI is InChI=1S/C36H47N3.C6H12N2/c1-4-29-17-18-33(21-26(29)2)31-15-13-28(14-16-31)24-38(27(3)30-9-6-5-7-10-30)36-12-8-11-32(22-36)34-23-37-39(25-34)35-19-20-35;1-5(2)8-6-3-7-4-6/h8,11-12,17-18,21-23,25,28,30-31,35H,3-7,9-10,13-16,19-20,24H2,1-2H3;6-8H,1,3-4H2,2H3. The molecular formula is C42H59N5. The van der Waals surface area contributed by atoms with Gasteiger partial charge in [0.15, 0.2) is 0 Å². The first-order valence-electron chi connectivity index (χ1n) is 18.7. The van der Waals surface area contributed by atoms with E-state index in [0.29, 0.717) is 23.9 Å². The summed E-state index contributed by atoms with van der Waals surface area (Å²) in [5, 5.41) is 11.0. The second kappa shape index (κ2) is 15.7. The number of hydrogen-bond donors (Lipinski definition) is 2. The molecule has 47 heavy (non-hydrogen) atoms. The summed E-state index contributed by atoms with van der Waals surface area (Å²) in [6.07, 6.45) is 19.8. The molecule has 3 saturated carbocycles. The number of aryl methyl sites for hydroxylation is 2. The van der Waals surface area contributed by atoms with Crippen LogP contribution in [-0.4, -0.2) is 35.5 Å². The molecule has 2 N–H and O–H groups in total. The molecule has 4 aliphatic rings. The van der Waals surface area contributed by atoms with Crippen LogP contribution in [0, 0.1) is 18.8 Å². The van der Waals surface area contributed by atoms with Crippen LogP contribution < -0.4 is 15.5 Å². The van der Waals surface area contributed by atoms with Crippen molar-refractivity contribution < 1.29 is 0 Å². The Morgan fingerprint density at radius 3 is 2.32 bits per heavy atom. The minimum Gasteiger partial charge on any atom is -0.384 e. The Morgan fingerprint density at radius 2 is 1.70 bits per heavy atom. The van der Waals surface area contributed by atoms with E-state index in [2.05, 4.69) is 94.4 Å². The number of nitrogens with one attached hydrogen (secondary N) is 2. The molecule has 5 heteroatoms. The van der Waals surface area contributed by atoms with Gasteiger partial charge < -0.3 is 15.5 Å². The minimum atomic E-state index is 0.619. The van der Waals surface area contributed by atoms with E-state index >= 15 is 0 Å². The fourth-order valence-electron chi connectivity index (χ4n) is 7.97. The van der Waals surface area contributed by atoms with Crippen LogP contribution in [0.1, 0.15) is 113 Å². The van der Waals surface area contributed by atoms with E-state index in [-0.39, 0.29) is 0 Å². The van der Waals surface area contributed by atoms with E-state index < -0.39 is 0 Å². The van der Waals surface area contributed by atoms with Crippen LogP contribution in [0.25, 0.3) is 11.1 Å². The summed E-state index contributed by atoms with van der Waals surface area (Å²) < 4.78 is 2.16. The van der Waals surface area contributed by atoms with Gasteiger partial charge >= 0.3 is 0 Å². The molecule has 2 heterocycles. The van der Waals surface area contributed by atoms with Crippen molar-refractivity contribution in [3.63, 3.8) is 0 Å². The van der Waals surface area contributed by atoms with E-state index in [4.69, 9.17) is 6.58 Å². The summed E-state index contributed by atoms with van der Waals surface area (Å²) >= 11 is 0. The molecule has 0 atom stereocenters. The monoisotopic (exact) mass is 633 g/mol. The molecule has 3 aromatic rings. The molecule has 7 rings (SSSR count). The highest BCUT2D eigenvalue weighted by Gasteiger charge is 2.29. The Hall–Kier alpha value is -3.31. The van der Waals surface area contributed by atoms with Crippen molar-refractivity contribution in [2.75, 3.05) is 24.5 Å². The first kappa shape index (κ1) is 33.6. The lowest BCUT2D eigenvalue weighted by Gasteiger charge is -2.38. The van der Waals surface area contributed by atoms with Crippen molar-refractivity contribution in [1.82, 2.24) is 20.4 Å². The molecule has 5 nitrogen and oxygen atoms in total. The highest BCUT2D eigenvalue weighted by atomic mass is 15.3. The second-order valence-corrected chi connectivity index (χ2v) is 15.0. The molecule has 252 valence electrons. The lowest BCUT2D eigenvalue weighted by molar-refractivity contribution is 0.323. The lowest BCUT2D eigenvalue weighted by atomic mass is 9.77. The quantitative estimate of drug-likeness (QED) is 0.221. The van der Waals surface area contributed by atoms with Crippen LogP contribution in [0.3, 0.4) is 0 Å². The Bertz CT molecular complexity index is 1480. The molecule has 3 aliphatic carbocycles. The fourth-order valence-corrected chi connectivity index (χ4v) is 7.97. The van der Waals surface area contributed by atoms with Gasteiger partial charge in [0.1, 0.15) is 0 Å². The number of rotatable bonds is 11. The zero-order valence-corrected chi connectivity index (χ0v) is 29.4. The summed E-state index contributed by atoms with van der Waals surface area (Å²) in [7, 11) is 0. The molecule has 4 fully saturated rings. The molecule has 0 unspecified atom stereocenters.